The highest BCUT2D eigenvalue weighted by atomic mass is 16.4. The number of hydrogen-bond donors (Lipinski definition) is 1. The van der Waals surface area contributed by atoms with E-state index in [1.165, 1.54) is 6.07 Å². The maximum atomic E-state index is 12.1. The van der Waals surface area contributed by atoms with Crippen LogP contribution in [0.3, 0.4) is 0 Å². The molecule has 0 saturated carbocycles. The predicted octanol–water partition coefficient (Wildman–Crippen LogP) is 0.299. The number of aromatic carboxylic acids is 1. The van der Waals surface area contributed by atoms with Crippen LogP contribution in [0.1, 0.15) is 49.3 Å². The molecule has 1 N–H and O–H groups in total. The molecule has 0 spiro atoms. The van der Waals surface area contributed by atoms with Crippen molar-refractivity contribution in [2.45, 2.75) is 39.7 Å². The molecular weight excluding hydrogens is 270 g/mol. The van der Waals surface area contributed by atoms with E-state index in [-0.39, 0.29) is 28.9 Å². The van der Waals surface area contributed by atoms with E-state index in [0.717, 1.165) is 5.56 Å². The maximum absolute atomic E-state index is 12.1. The van der Waals surface area contributed by atoms with Crippen LogP contribution in [0.25, 0.3) is 0 Å². The quantitative estimate of drug-likeness (QED) is 0.862. The Morgan fingerprint density at radius 2 is 2.14 bits per heavy atom. The molecule has 0 radical (unpaired) electrons. The van der Waals surface area contributed by atoms with Crippen molar-refractivity contribution in [3.63, 3.8) is 0 Å². The lowest BCUT2D eigenvalue weighted by Crippen LogP contribution is -2.41. The summed E-state index contributed by atoms with van der Waals surface area (Å²) < 4.78 is 0. The Morgan fingerprint density at radius 1 is 1.48 bits per heavy atom. The molecule has 0 aliphatic carbocycles. The van der Waals surface area contributed by atoms with Gasteiger partial charge in [0.1, 0.15) is 11.2 Å². The third kappa shape index (κ3) is 2.53. The van der Waals surface area contributed by atoms with Gasteiger partial charge in [0.2, 0.25) is 0 Å². The van der Waals surface area contributed by atoms with Gasteiger partial charge in [0.15, 0.2) is 5.84 Å². The van der Waals surface area contributed by atoms with Crippen molar-refractivity contribution in [3.05, 3.63) is 29.1 Å². The molecule has 0 fully saturated rings. The number of carboxylic acids is 1. The monoisotopic (exact) mass is 288 g/mol. The fourth-order valence-corrected chi connectivity index (χ4v) is 2.09. The minimum absolute atomic E-state index is 0.0173. The number of carbonyl (C=O) groups excluding carboxylic acids is 2. The number of amides is 1. The highest BCUT2D eigenvalue weighted by Crippen LogP contribution is 2.27. The topological polar surface area (TPSA) is 94.5 Å². The Balaban J connectivity index is 2.53. The van der Waals surface area contributed by atoms with E-state index < -0.39 is 11.5 Å². The molecule has 0 saturated heterocycles. The summed E-state index contributed by atoms with van der Waals surface area (Å²) in [7, 11) is 0. The summed E-state index contributed by atoms with van der Waals surface area (Å²) >= 11 is 0. The van der Waals surface area contributed by atoms with Gasteiger partial charge >= 0.3 is 0 Å². The first kappa shape index (κ1) is 15.2. The number of carboxylic acid groups (broad SMARTS) is 1. The van der Waals surface area contributed by atoms with E-state index in [9.17, 15) is 14.7 Å². The second kappa shape index (κ2) is 5.27. The van der Waals surface area contributed by atoms with E-state index in [1.807, 2.05) is 20.8 Å². The number of carbonyl (C=O) groups is 2. The van der Waals surface area contributed by atoms with E-state index in [4.69, 9.17) is 0 Å². The zero-order valence-electron chi connectivity index (χ0n) is 12.6. The first-order valence-corrected chi connectivity index (χ1v) is 6.91. The second-order valence-electron chi connectivity index (χ2n) is 5.60. The number of aryl methyl sites for hydroxylation is 1. The SMILES string of the molecule is CCc1cnc(C2=NC(C)(C(C)C)C(=O)N2)c(C(=O)[O-])c1. The van der Waals surface area contributed by atoms with Crippen LogP contribution >= 0.6 is 0 Å². The van der Waals surface area contributed by atoms with Crippen LogP contribution in [-0.2, 0) is 11.2 Å². The fraction of sp³-hybridized carbons (Fsp3) is 0.467. The lowest BCUT2D eigenvalue weighted by atomic mass is 9.89. The number of aromatic nitrogens is 1. The molecule has 1 aromatic rings. The molecule has 0 bridgehead atoms. The largest absolute Gasteiger partial charge is 0.545 e. The molecule has 1 aromatic heterocycles. The van der Waals surface area contributed by atoms with E-state index in [1.54, 1.807) is 13.1 Å². The van der Waals surface area contributed by atoms with Gasteiger partial charge in [-0.15, -0.1) is 0 Å². The molecule has 112 valence electrons. The molecule has 1 unspecified atom stereocenters. The first-order valence-electron chi connectivity index (χ1n) is 6.91. The number of nitrogens with zero attached hydrogens (tertiary/aromatic N) is 2. The number of rotatable bonds is 4. The number of aliphatic imine (C=N–C) groups is 1. The molecule has 1 atom stereocenters. The lowest BCUT2D eigenvalue weighted by Gasteiger charge is -2.21. The molecular formula is C15H18N3O3-. The highest BCUT2D eigenvalue weighted by molar-refractivity contribution is 6.17. The summed E-state index contributed by atoms with van der Waals surface area (Å²) in [5.74, 6) is -1.41. The summed E-state index contributed by atoms with van der Waals surface area (Å²) in [5.41, 5.74) is -0.0373. The molecule has 6 nitrogen and oxygen atoms in total. The lowest BCUT2D eigenvalue weighted by molar-refractivity contribution is -0.255. The van der Waals surface area contributed by atoms with Gasteiger partial charge in [-0.3, -0.25) is 9.78 Å². The minimum atomic E-state index is -1.33. The fourth-order valence-electron chi connectivity index (χ4n) is 2.09. The number of nitrogens with one attached hydrogen (secondary N) is 1. The number of pyridine rings is 1. The summed E-state index contributed by atoms with van der Waals surface area (Å²) in [4.78, 5) is 31.9. The van der Waals surface area contributed by atoms with Gasteiger partial charge in [0, 0.05) is 11.8 Å². The average Bonchev–Trinajstić information content (AvgIpc) is 2.75. The van der Waals surface area contributed by atoms with Crippen molar-refractivity contribution in [3.8, 4) is 0 Å². The van der Waals surface area contributed by atoms with Crippen molar-refractivity contribution in [2.75, 3.05) is 0 Å². The van der Waals surface area contributed by atoms with Crippen LogP contribution in [0.4, 0.5) is 0 Å². The normalized spacial score (nSPS) is 21.4. The Kier molecular flexibility index (Phi) is 3.80. The smallest absolute Gasteiger partial charge is 0.253 e. The van der Waals surface area contributed by atoms with Crippen molar-refractivity contribution < 1.29 is 14.7 Å². The van der Waals surface area contributed by atoms with Crippen LogP contribution in [-0.4, -0.2) is 28.2 Å². The van der Waals surface area contributed by atoms with Crippen molar-refractivity contribution >= 4 is 17.7 Å². The van der Waals surface area contributed by atoms with E-state index >= 15 is 0 Å². The van der Waals surface area contributed by atoms with Gasteiger partial charge < -0.3 is 15.2 Å². The summed E-state index contributed by atoms with van der Waals surface area (Å²) in [6, 6.07) is 1.51. The van der Waals surface area contributed by atoms with Crippen LogP contribution in [0, 0.1) is 5.92 Å². The zero-order chi connectivity index (χ0) is 15.8. The minimum Gasteiger partial charge on any atom is -0.545 e. The van der Waals surface area contributed by atoms with Gasteiger partial charge in [-0.2, -0.15) is 0 Å². The number of hydrogen-bond acceptors (Lipinski definition) is 5. The molecule has 2 heterocycles. The van der Waals surface area contributed by atoms with Crippen LogP contribution in [0.15, 0.2) is 17.3 Å². The summed E-state index contributed by atoms with van der Waals surface area (Å²) in [6.45, 7) is 7.40. The maximum Gasteiger partial charge on any atom is 0.253 e. The molecule has 1 aliphatic rings. The highest BCUT2D eigenvalue weighted by Gasteiger charge is 2.42. The Bertz CT molecular complexity index is 637. The molecule has 0 aromatic carbocycles. The van der Waals surface area contributed by atoms with Gasteiger partial charge in [-0.1, -0.05) is 20.8 Å². The van der Waals surface area contributed by atoms with Crippen LogP contribution in [0.2, 0.25) is 0 Å². The third-order valence-corrected chi connectivity index (χ3v) is 3.96. The second-order valence-corrected chi connectivity index (χ2v) is 5.60. The van der Waals surface area contributed by atoms with Gasteiger partial charge in [-0.25, -0.2) is 4.99 Å². The first-order chi connectivity index (χ1) is 9.79. The summed E-state index contributed by atoms with van der Waals surface area (Å²) in [6.07, 6.45) is 2.25. The Labute approximate surface area is 123 Å². The Morgan fingerprint density at radius 3 is 2.62 bits per heavy atom. The van der Waals surface area contributed by atoms with Crippen molar-refractivity contribution in [1.82, 2.24) is 10.3 Å². The van der Waals surface area contributed by atoms with Crippen LogP contribution < -0.4 is 10.4 Å². The van der Waals surface area contributed by atoms with Gasteiger partial charge in [0.05, 0.1) is 5.97 Å². The van der Waals surface area contributed by atoms with Gasteiger partial charge in [-0.05, 0) is 30.9 Å². The molecule has 1 aliphatic heterocycles. The Hall–Kier alpha value is -2.24. The molecule has 6 heteroatoms. The summed E-state index contributed by atoms with van der Waals surface area (Å²) in [5, 5.41) is 13.9. The number of amidine groups is 1. The molecule has 1 amide bonds. The van der Waals surface area contributed by atoms with Crippen LogP contribution in [0.5, 0.6) is 0 Å². The van der Waals surface area contributed by atoms with E-state index in [2.05, 4.69) is 15.3 Å². The van der Waals surface area contributed by atoms with E-state index in [0.29, 0.717) is 6.42 Å². The molecule has 21 heavy (non-hydrogen) atoms. The molecule has 2 rings (SSSR count). The van der Waals surface area contributed by atoms with Crippen molar-refractivity contribution in [2.24, 2.45) is 10.9 Å². The standard InChI is InChI=1S/C15H19N3O3/c1-5-9-6-10(13(19)20)11(16-7-9)12-17-14(21)15(4,18-12)8(2)3/h6-8H,5H2,1-4H3,(H,19,20)(H,17,18,21)/p-1. The zero-order valence-corrected chi connectivity index (χ0v) is 12.6. The third-order valence-electron chi connectivity index (χ3n) is 3.96. The van der Waals surface area contributed by atoms with Gasteiger partial charge in [0.25, 0.3) is 5.91 Å². The average molecular weight is 288 g/mol. The predicted molar refractivity (Wildman–Crippen MR) is 75.9 cm³/mol. The van der Waals surface area contributed by atoms with Crippen molar-refractivity contribution in [1.29, 1.82) is 0 Å².